The normalized spacial score (nSPS) is 11.8. The van der Waals surface area contributed by atoms with E-state index in [2.05, 4.69) is 196 Å². The van der Waals surface area contributed by atoms with Crippen LogP contribution in [-0.2, 0) is 0 Å². The van der Waals surface area contributed by atoms with Gasteiger partial charge < -0.3 is 9.13 Å². The Kier molecular flexibility index (Phi) is 7.77. The molecule has 0 saturated carbocycles. The third-order valence-corrected chi connectivity index (χ3v) is 12.4. The van der Waals surface area contributed by atoms with Crippen molar-refractivity contribution < 1.29 is 0 Å². The number of hydrogen-bond acceptors (Lipinski definition) is 4. The maximum absolute atomic E-state index is 5.44. The van der Waals surface area contributed by atoms with Crippen LogP contribution in [0.15, 0.2) is 212 Å². The van der Waals surface area contributed by atoms with Crippen LogP contribution in [0.2, 0.25) is 0 Å². The van der Waals surface area contributed by atoms with Crippen molar-refractivity contribution in [1.82, 2.24) is 33.6 Å². The van der Waals surface area contributed by atoms with E-state index in [1.54, 1.807) is 0 Å². The fraction of sp³-hybridized carbons (Fsp3) is 0. The Morgan fingerprint density at radius 1 is 0.317 bits per heavy atom. The van der Waals surface area contributed by atoms with Crippen LogP contribution < -0.4 is 0 Å². The second kappa shape index (κ2) is 13.9. The van der Waals surface area contributed by atoms with E-state index in [9.17, 15) is 0 Å². The van der Waals surface area contributed by atoms with Crippen LogP contribution in [-0.4, -0.2) is 33.6 Å². The number of pyridine rings is 1. The molecule has 0 radical (unpaired) electrons. The van der Waals surface area contributed by atoms with E-state index in [0.29, 0.717) is 17.6 Å². The first-order valence-electron chi connectivity index (χ1n) is 21.2. The molecule has 63 heavy (non-hydrogen) atoms. The molecule has 0 bridgehead atoms. The van der Waals surface area contributed by atoms with Crippen LogP contribution in [0.1, 0.15) is 0 Å². The fourth-order valence-corrected chi connectivity index (χ4v) is 9.76. The average molecular weight is 806 g/mol. The third kappa shape index (κ3) is 5.33. The van der Waals surface area contributed by atoms with E-state index < -0.39 is 0 Å². The summed E-state index contributed by atoms with van der Waals surface area (Å²) in [6, 6.07) is 72.4. The summed E-state index contributed by atoms with van der Waals surface area (Å²) in [5.74, 6) is 1.71. The number of aromatic nitrogens is 7. The summed E-state index contributed by atoms with van der Waals surface area (Å²) in [6.45, 7) is 0. The number of fused-ring (bicyclic) bond motifs is 9. The van der Waals surface area contributed by atoms with Gasteiger partial charge in [-0.1, -0.05) is 140 Å². The Morgan fingerprint density at radius 3 is 1.54 bits per heavy atom. The van der Waals surface area contributed by atoms with Crippen molar-refractivity contribution in [2.75, 3.05) is 0 Å². The van der Waals surface area contributed by atoms with Crippen molar-refractivity contribution >= 4 is 65.5 Å². The highest BCUT2D eigenvalue weighted by atomic mass is 15.2. The highest BCUT2D eigenvalue weighted by molar-refractivity contribution is 6.22. The summed E-state index contributed by atoms with van der Waals surface area (Å²) in [6.07, 6.45) is 1.86. The molecule has 5 aromatic heterocycles. The van der Waals surface area contributed by atoms with Crippen molar-refractivity contribution in [2.24, 2.45) is 0 Å². The van der Waals surface area contributed by atoms with Gasteiger partial charge in [0.15, 0.2) is 11.6 Å². The second-order valence-electron chi connectivity index (χ2n) is 15.8. The molecule has 0 aliphatic carbocycles. The van der Waals surface area contributed by atoms with Gasteiger partial charge in [-0.25, -0.2) is 4.98 Å². The second-order valence-corrected chi connectivity index (χ2v) is 15.8. The maximum atomic E-state index is 5.44. The van der Waals surface area contributed by atoms with Gasteiger partial charge >= 0.3 is 0 Å². The average Bonchev–Trinajstić information content (AvgIpc) is 4.00. The lowest BCUT2D eigenvalue weighted by atomic mass is 9.95. The lowest BCUT2D eigenvalue weighted by Gasteiger charge is -2.15. The summed E-state index contributed by atoms with van der Waals surface area (Å²) < 4.78 is 6.87. The molecule has 7 nitrogen and oxygen atoms in total. The van der Waals surface area contributed by atoms with Gasteiger partial charge in [0, 0.05) is 49.9 Å². The summed E-state index contributed by atoms with van der Waals surface area (Å²) in [4.78, 5) is 20.8. The Bertz CT molecular complexity index is 3860. The first-order chi connectivity index (χ1) is 31.3. The number of rotatable bonds is 6. The summed E-state index contributed by atoms with van der Waals surface area (Å²) >= 11 is 0. The number of nitrogens with zero attached hydrogens (tertiary/aromatic N) is 7. The molecular weight excluding hydrogens is 771 g/mol. The van der Waals surface area contributed by atoms with Gasteiger partial charge in [0.2, 0.25) is 5.95 Å². The number of hydrogen-bond donors (Lipinski definition) is 0. The van der Waals surface area contributed by atoms with Gasteiger partial charge in [-0.3, -0.25) is 9.55 Å². The van der Waals surface area contributed by atoms with Gasteiger partial charge in [-0.05, 0) is 77.9 Å². The molecule has 13 rings (SSSR count). The molecular formula is C56H35N7. The van der Waals surface area contributed by atoms with Crippen molar-refractivity contribution in [3.8, 4) is 51.2 Å². The summed E-state index contributed by atoms with van der Waals surface area (Å²) in [5, 5.41) is 5.77. The quantitative estimate of drug-likeness (QED) is 0.168. The van der Waals surface area contributed by atoms with E-state index in [-0.39, 0.29) is 0 Å². The Morgan fingerprint density at radius 2 is 0.825 bits per heavy atom. The summed E-state index contributed by atoms with van der Waals surface area (Å²) in [5.41, 5.74) is 13.6. The molecule has 8 aromatic carbocycles. The highest BCUT2D eigenvalue weighted by Crippen LogP contribution is 2.44. The topological polar surface area (TPSA) is 66.3 Å². The molecule has 0 spiro atoms. The molecule has 294 valence electrons. The minimum Gasteiger partial charge on any atom is -0.309 e. The molecule has 7 heteroatoms. The number of benzene rings is 8. The van der Waals surface area contributed by atoms with Crippen LogP contribution in [0.4, 0.5) is 0 Å². The first-order valence-corrected chi connectivity index (χ1v) is 21.2. The highest BCUT2D eigenvalue weighted by Gasteiger charge is 2.24. The van der Waals surface area contributed by atoms with E-state index in [1.807, 2.05) is 30.5 Å². The monoisotopic (exact) mass is 805 g/mol. The molecule has 0 saturated heterocycles. The van der Waals surface area contributed by atoms with Crippen LogP contribution in [0, 0.1) is 0 Å². The van der Waals surface area contributed by atoms with Gasteiger partial charge in [0.05, 0.1) is 44.3 Å². The van der Waals surface area contributed by atoms with Crippen molar-refractivity contribution in [1.29, 1.82) is 0 Å². The fourth-order valence-electron chi connectivity index (χ4n) is 9.76. The van der Waals surface area contributed by atoms with Crippen LogP contribution in [0.25, 0.3) is 117 Å². The molecule has 0 aliphatic heterocycles. The van der Waals surface area contributed by atoms with E-state index in [0.717, 1.165) is 77.3 Å². The van der Waals surface area contributed by atoms with Gasteiger partial charge in [0.25, 0.3) is 0 Å². The Hall–Kier alpha value is -8.68. The minimum atomic E-state index is 0.541. The first kappa shape index (κ1) is 35.1. The SMILES string of the molecule is c1ccc(-c2nc(-c3ccccc3-n3c4ccccc4c4ncccc43)nc(-n3c4ccccc4c4c(-c5cccc6c5c5ccccc5n6-c5ccccc5)cccc43)n2)cc1. The Labute approximate surface area is 361 Å². The summed E-state index contributed by atoms with van der Waals surface area (Å²) in [7, 11) is 0. The van der Waals surface area contributed by atoms with Crippen LogP contribution >= 0.6 is 0 Å². The van der Waals surface area contributed by atoms with Crippen LogP contribution in [0.3, 0.4) is 0 Å². The zero-order chi connectivity index (χ0) is 41.4. The Balaban J connectivity index is 1.08. The van der Waals surface area contributed by atoms with E-state index in [1.165, 1.54) is 21.9 Å². The van der Waals surface area contributed by atoms with Gasteiger partial charge in [-0.15, -0.1) is 0 Å². The predicted molar refractivity (Wildman–Crippen MR) is 257 cm³/mol. The molecule has 0 N–H and O–H groups in total. The molecule has 0 unspecified atom stereocenters. The zero-order valence-electron chi connectivity index (χ0n) is 33.8. The lowest BCUT2D eigenvalue weighted by Crippen LogP contribution is -2.07. The van der Waals surface area contributed by atoms with Crippen molar-refractivity contribution in [3.63, 3.8) is 0 Å². The smallest absolute Gasteiger partial charge is 0.238 e. The molecule has 0 aliphatic rings. The lowest BCUT2D eigenvalue weighted by molar-refractivity contribution is 0.951. The third-order valence-electron chi connectivity index (χ3n) is 12.4. The molecule has 0 fully saturated rings. The molecule has 13 aromatic rings. The van der Waals surface area contributed by atoms with Crippen molar-refractivity contribution in [3.05, 3.63) is 212 Å². The molecule has 0 amide bonds. The van der Waals surface area contributed by atoms with Gasteiger partial charge in [-0.2, -0.15) is 9.97 Å². The standard InChI is InChI=1S/C56H35N7/c1-3-18-36(19-4-1)54-58-55(43-25-10-14-31-47(43)62-46-30-13-9-24-42(46)53-50(62)34-17-35-57-53)60-56(59-54)63-45-29-12-8-23-41(45)52-39(27-16-33-49(52)63)38-26-15-32-48-51(38)40-22-7-11-28-44(40)61(48)37-20-5-2-6-21-37/h1-35H. The predicted octanol–water partition coefficient (Wildman–Crippen LogP) is 13.6. The minimum absolute atomic E-state index is 0.541. The molecule has 5 heterocycles. The van der Waals surface area contributed by atoms with Gasteiger partial charge in [0.1, 0.15) is 0 Å². The molecule has 0 atom stereocenters. The largest absolute Gasteiger partial charge is 0.309 e. The van der Waals surface area contributed by atoms with Crippen LogP contribution in [0.5, 0.6) is 0 Å². The zero-order valence-corrected chi connectivity index (χ0v) is 33.8. The van der Waals surface area contributed by atoms with E-state index >= 15 is 0 Å². The maximum Gasteiger partial charge on any atom is 0.238 e. The number of para-hydroxylation sites is 5. The van der Waals surface area contributed by atoms with E-state index in [4.69, 9.17) is 19.9 Å². The van der Waals surface area contributed by atoms with Crippen molar-refractivity contribution in [2.45, 2.75) is 0 Å².